The van der Waals surface area contributed by atoms with E-state index in [1.807, 2.05) is 0 Å². The Morgan fingerprint density at radius 3 is 2.69 bits per heavy atom. The van der Waals surface area contributed by atoms with Crippen LogP contribution in [0.3, 0.4) is 0 Å². The maximum Gasteiger partial charge on any atom is 0.0218 e. The van der Waals surface area contributed by atoms with E-state index in [-0.39, 0.29) is 0 Å². The molecule has 1 aliphatic heterocycles. The zero-order valence-electron chi connectivity index (χ0n) is 9.51. The normalized spacial score (nSPS) is 31.2. The van der Waals surface area contributed by atoms with Crippen molar-refractivity contribution in [3.05, 3.63) is 0 Å². The van der Waals surface area contributed by atoms with Gasteiger partial charge in [-0.1, -0.05) is 20.8 Å². The van der Waals surface area contributed by atoms with E-state index in [1.54, 1.807) is 0 Å². The minimum absolute atomic E-state index is 0.668. The quantitative estimate of drug-likeness (QED) is 0.718. The highest BCUT2D eigenvalue weighted by atomic mass is 15.2. The van der Waals surface area contributed by atoms with Crippen molar-refractivity contribution in [2.24, 2.45) is 5.92 Å². The molecule has 0 aromatic carbocycles. The summed E-state index contributed by atoms with van der Waals surface area (Å²) in [6.07, 6.45) is 1.27. The van der Waals surface area contributed by atoms with Gasteiger partial charge in [0.15, 0.2) is 0 Å². The molecule has 1 heterocycles. The van der Waals surface area contributed by atoms with Gasteiger partial charge in [0.1, 0.15) is 0 Å². The first-order valence-corrected chi connectivity index (χ1v) is 5.61. The Balaban J connectivity index is 2.44. The van der Waals surface area contributed by atoms with E-state index in [4.69, 9.17) is 0 Å². The molecule has 0 aromatic rings. The van der Waals surface area contributed by atoms with Crippen LogP contribution in [0.15, 0.2) is 0 Å². The van der Waals surface area contributed by atoms with E-state index >= 15 is 0 Å². The molecule has 2 heteroatoms. The second-order valence-electron chi connectivity index (χ2n) is 4.72. The fraction of sp³-hybridized carbons (Fsp3) is 1.00. The smallest absolute Gasteiger partial charge is 0.0218 e. The molecule has 0 aromatic heterocycles. The average Bonchev–Trinajstić information content (AvgIpc) is 2.03. The Morgan fingerprint density at radius 1 is 1.46 bits per heavy atom. The zero-order chi connectivity index (χ0) is 9.84. The molecule has 1 fully saturated rings. The number of piperazine rings is 1. The van der Waals surface area contributed by atoms with Gasteiger partial charge in [-0.2, -0.15) is 0 Å². The van der Waals surface area contributed by atoms with Crippen molar-refractivity contribution in [2.45, 2.75) is 46.2 Å². The fourth-order valence-corrected chi connectivity index (χ4v) is 2.13. The van der Waals surface area contributed by atoms with Gasteiger partial charge < -0.3 is 5.32 Å². The maximum atomic E-state index is 3.54. The van der Waals surface area contributed by atoms with Gasteiger partial charge in [0, 0.05) is 31.7 Å². The number of rotatable bonds is 3. The molecule has 0 bridgehead atoms. The van der Waals surface area contributed by atoms with Crippen molar-refractivity contribution in [1.29, 1.82) is 0 Å². The fourth-order valence-electron chi connectivity index (χ4n) is 2.13. The van der Waals surface area contributed by atoms with Crippen LogP contribution in [0.4, 0.5) is 0 Å². The van der Waals surface area contributed by atoms with Crippen LogP contribution >= 0.6 is 0 Å². The largest absolute Gasteiger partial charge is 0.311 e. The number of nitrogens with one attached hydrogen (secondary N) is 1. The van der Waals surface area contributed by atoms with E-state index < -0.39 is 0 Å². The van der Waals surface area contributed by atoms with Crippen LogP contribution in [-0.4, -0.2) is 36.6 Å². The third-order valence-corrected chi connectivity index (χ3v) is 2.80. The molecule has 78 valence electrons. The lowest BCUT2D eigenvalue weighted by Crippen LogP contribution is -2.55. The van der Waals surface area contributed by atoms with Gasteiger partial charge >= 0.3 is 0 Å². The molecule has 0 spiro atoms. The first-order chi connectivity index (χ1) is 6.13. The Bertz CT molecular complexity index is 143. The first kappa shape index (κ1) is 11.0. The highest BCUT2D eigenvalue weighted by molar-refractivity contribution is 4.83. The molecule has 1 rings (SSSR count). The number of nitrogens with zero attached hydrogens (tertiary/aromatic N) is 1. The molecule has 1 aliphatic rings. The lowest BCUT2D eigenvalue weighted by molar-refractivity contribution is 0.117. The Morgan fingerprint density at radius 2 is 2.15 bits per heavy atom. The highest BCUT2D eigenvalue weighted by Gasteiger charge is 2.24. The molecule has 2 nitrogen and oxygen atoms in total. The Hall–Kier alpha value is -0.0800. The molecule has 1 N–H and O–H groups in total. The standard InChI is InChI=1S/C11H24N2/c1-5-11-6-12-10(4)8-13(11)7-9(2)3/h9-12H,5-8H2,1-4H3. The molecular formula is C11H24N2. The summed E-state index contributed by atoms with van der Waals surface area (Å²) in [5.74, 6) is 0.791. The monoisotopic (exact) mass is 184 g/mol. The zero-order valence-corrected chi connectivity index (χ0v) is 9.51. The molecular weight excluding hydrogens is 160 g/mol. The van der Waals surface area contributed by atoms with E-state index in [9.17, 15) is 0 Å². The maximum absolute atomic E-state index is 3.54. The summed E-state index contributed by atoms with van der Waals surface area (Å²) in [4.78, 5) is 2.64. The molecule has 0 radical (unpaired) electrons. The van der Waals surface area contributed by atoms with E-state index in [0.717, 1.165) is 12.0 Å². The van der Waals surface area contributed by atoms with Crippen molar-refractivity contribution in [2.75, 3.05) is 19.6 Å². The van der Waals surface area contributed by atoms with Crippen molar-refractivity contribution < 1.29 is 0 Å². The molecule has 0 aliphatic carbocycles. The average molecular weight is 184 g/mol. The van der Waals surface area contributed by atoms with Crippen LogP contribution in [0.5, 0.6) is 0 Å². The van der Waals surface area contributed by atoms with Crippen LogP contribution in [0.25, 0.3) is 0 Å². The Kier molecular flexibility index (Phi) is 4.20. The summed E-state index contributed by atoms with van der Waals surface area (Å²) in [5.41, 5.74) is 0. The van der Waals surface area contributed by atoms with Gasteiger partial charge in [-0.25, -0.2) is 0 Å². The highest BCUT2D eigenvalue weighted by Crippen LogP contribution is 2.12. The van der Waals surface area contributed by atoms with Gasteiger partial charge in [0.25, 0.3) is 0 Å². The third-order valence-electron chi connectivity index (χ3n) is 2.80. The third kappa shape index (κ3) is 3.28. The second-order valence-corrected chi connectivity index (χ2v) is 4.72. The van der Waals surface area contributed by atoms with Gasteiger partial charge in [0.05, 0.1) is 0 Å². The van der Waals surface area contributed by atoms with Crippen molar-refractivity contribution in [3.63, 3.8) is 0 Å². The topological polar surface area (TPSA) is 15.3 Å². The minimum atomic E-state index is 0.668. The summed E-state index contributed by atoms with van der Waals surface area (Å²) in [5, 5.41) is 3.54. The van der Waals surface area contributed by atoms with Crippen molar-refractivity contribution in [3.8, 4) is 0 Å². The van der Waals surface area contributed by atoms with Gasteiger partial charge in [-0.15, -0.1) is 0 Å². The second kappa shape index (κ2) is 4.97. The van der Waals surface area contributed by atoms with E-state index in [2.05, 4.69) is 37.9 Å². The van der Waals surface area contributed by atoms with Gasteiger partial charge in [-0.3, -0.25) is 4.90 Å². The van der Waals surface area contributed by atoms with Crippen molar-refractivity contribution >= 4 is 0 Å². The predicted molar refractivity (Wildman–Crippen MR) is 58.0 cm³/mol. The van der Waals surface area contributed by atoms with Crippen LogP contribution in [-0.2, 0) is 0 Å². The summed E-state index contributed by atoms with van der Waals surface area (Å²) in [6.45, 7) is 12.8. The lowest BCUT2D eigenvalue weighted by Gasteiger charge is -2.39. The molecule has 2 atom stereocenters. The Labute approximate surface area is 82.7 Å². The summed E-state index contributed by atoms with van der Waals surface area (Å²) in [6, 6.07) is 1.43. The van der Waals surface area contributed by atoms with Gasteiger partial charge in [-0.05, 0) is 19.3 Å². The molecule has 0 amide bonds. The SMILES string of the molecule is CCC1CNC(C)CN1CC(C)C. The predicted octanol–water partition coefficient (Wildman–Crippen LogP) is 1.71. The minimum Gasteiger partial charge on any atom is -0.311 e. The van der Waals surface area contributed by atoms with Gasteiger partial charge in [0.2, 0.25) is 0 Å². The lowest BCUT2D eigenvalue weighted by atomic mass is 10.1. The van der Waals surface area contributed by atoms with E-state index in [0.29, 0.717) is 6.04 Å². The number of hydrogen-bond acceptors (Lipinski definition) is 2. The van der Waals surface area contributed by atoms with Crippen LogP contribution in [0.2, 0.25) is 0 Å². The summed E-state index contributed by atoms with van der Waals surface area (Å²) in [7, 11) is 0. The summed E-state index contributed by atoms with van der Waals surface area (Å²) >= 11 is 0. The first-order valence-electron chi connectivity index (χ1n) is 5.61. The molecule has 13 heavy (non-hydrogen) atoms. The molecule has 1 saturated heterocycles. The van der Waals surface area contributed by atoms with Crippen molar-refractivity contribution in [1.82, 2.24) is 10.2 Å². The number of hydrogen-bond donors (Lipinski definition) is 1. The van der Waals surface area contributed by atoms with Crippen LogP contribution < -0.4 is 5.32 Å². The molecule has 0 saturated carbocycles. The molecule has 2 unspecified atom stereocenters. The van der Waals surface area contributed by atoms with E-state index in [1.165, 1.54) is 26.1 Å². The summed E-state index contributed by atoms with van der Waals surface area (Å²) < 4.78 is 0. The van der Waals surface area contributed by atoms with Crippen LogP contribution in [0.1, 0.15) is 34.1 Å². The van der Waals surface area contributed by atoms with Crippen LogP contribution in [0, 0.1) is 5.92 Å².